The lowest BCUT2D eigenvalue weighted by atomic mass is 9.97. The zero-order chi connectivity index (χ0) is 12.9. The van der Waals surface area contributed by atoms with Gasteiger partial charge in [-0.1, -0.05) is 19.8 Å². The first-order valence-electron chi connectivity index (χ1n) is 6.90. The van der Waals surface area contributed by atoms with E-state index in [4.69, 9.17) is 0 Å². The third kappa shape index (κ3) is 5.64. The molecule has 17 heavy (non-hydrogen) atoms. The van der Waals surface area contributed by atoms with Crippen LogP contribution < -0.4 is 0 Å². The van der Waals surface area contributed by atoms with Gasteiger partial charge in [-0.2, -0.15) is 0 Å². The normalized spacial score (nSPS) is 22.9. The van der Waals surface area contributed by atoms with Crippen molar-refractivity contribution in [3.8, 4) is 0 Å². The molecule has 0 aromatic carbocycles. The van der Waals surface area contributed by atoms with Crippen LogP contribution in [0.2, 0.25) is 0 Å². The molecule has 0 amide bonds. The van der Waals surface area contributed by atoms with Crippen molar-refractivity contribution in [2.75, 3.05) is 19.6 Å². The fourth-order valence-corrected chi connectivity index (χ4v) is 2.59. The van der Waals surface area contributed by atoms with Crippen LogP contribution in [0.25, 0.3) is 0 Å². The van der Waals surface area contributed by atoms with E-state index >= 15 is 0 Å². The zero-order valence-corrected chi connectivity index (χ0v) is 11.5. The lowest BCUT2D eigenvalue weighted by Gasteiger charge is -2.30. The number of carbonyl (C=O) groups excluding carboxylic acids is 1. The Balaban J connectivity index is 2.51. The number of carbonyl (C=O) groups is 1. The monoisotopic (exact) mass is 241 g/mol. The molecule has 0 spiro atoms. The van der Waals surface area contributed by atoms with Gasteiger partial charge in [-0.25, -0.2) is 0 Å². The van der Waals surface area contributed by atoms with Crippen LogP contribution in [-0.2, 0) is 4.79 Å². The van der Waals surface area contributed by atoms with Crippen molar-refractivity contribution >= 4 is 5.78 Å². The predicted octanol–water partition coefficient (Wildman–Crippen LogP) is 2.23. The summed E-state index contributed by atoms with van der Waals surface area (Å²) in [5.41, 5.74) is -0.677. The first-order chi connectivity index (χ1) is 7.92. The first-order valence-corrected chi connectivity index (χ1v) is 6.90. The first kappa shape index (κ1) is 14.7. The van der Waals surface area contributed by atoms with E-state index in [9.17, 15) is 9.90 Å². The fraction of sp³-hybridized carbons (Fsp3) is 0.929. The number of nitrogens with zero attached hydrogens (tertiary/aromatic N) is 1. The average molecular weight is 241 g/mol. The second-order valence-corrected chi connectivity index (χ2v) is 5.90. The van der Waals surface area contributed by atoms with Gasteiger partial charge in [0.2, 0.25) is 0 Å². The molecule has 0 radical (unpaired) electrons. The molecule has 1 fully saturated rings. The van der Waals surface area contributed by atoms with E-state index in [-0.39, 0.29) is 5.92 Å². The highest BCUT2D eigenvalue weighted by molar-refractivity contribution is 5.81. The van der Waals surface area contributed by atoms with Crippen LogP contribution in [0.15, 0.2) is 0 Å². The second-order valence-electron chi connectivity index (χ2n) is 5.90. The van der Waals surface area contributed by atoms with Crippen LogP contribution in [0.3, 0.4) is 0 Å². The highest BCUT2D eigenvalue weighted by Gasteiger charge is 2.25. The third-order valence-electron chi connectivity index (χ3n) is 3.47. The number of aliphatic hydroxyl groups is 1. The summed E-state index contributed by atoms with van der Waals surface area (Å²) in [4.78, 5) is 14.1. The van der Waals surface area contributed by atoms with Gasteiger partial charge in [0.05, 0.1) is 5.60 Å². The van der Waals surface area contributed by atoms with Crippen molar-refractivity contribution in [3.63, 3.8) is 0 Å². The second kappa shape index (κ2) is 6.50. The lowest BCUT2D eigenvalue weighted by Crippen LogP contribution is -2.42. The molecular formula is C14H27NO2. The Labute approximate surface area is 105 Å². The van der Waals surface area contributed by atoms with E-state index < -0.39 is 5.60 Å². The van der Waals surface area contributed by atoms with Crippen molar-refractivity contribution in [2.45, 2.75) is 58.5 Å². The Bertz CT molecular complexity index is 245. The Morgan fingerprint density at radius 2 is 2.06 bits per heavy atom. The van der Waals surface area contributed by atoms with E-state index in [1.165, 1.54) is 12.8 Å². The van der Waals surface area contributed by atoms with Gasteiger partial charge in [-0.05, 0) is 33.2 Å². The molecule has 0 aliphatic heterocycles. The van der Waals surface area contributed by atoms with Gasteiger partial charge in [-0.15, -0.1) is 0 Å². The van der Waals surface area contributed by atoms with E-state index in [0.29, 0.717) is 12.3 Å². The molecule has 1 rings (SSSR count). The van der Waals surface area contributed by atoms with Crippen LogP contribution in [0.4, 0.5) is 0 Å². The highest BCUT2D eigenvalue weighted by atomic mass is 16.3. The highest BCUT2D eigenvalue weighted by Crippen LogP contribution is 2.21. The molecule has 100 valence electrons. The van der Waals surface area contributed by atoms with E-state index in [1.54, 1.807) is 0 Å². The summed E-state index contributed by atoms with van der Waals surface area (Å²) in [6.45, 7) is 8.10. The maximum atomic E-state index is 11.9. The molecule has 1 aliphatic carbocycles. The van der Waals surface area contributed by atoms with Gasteiger partial charge >= 0.3 is 0 Å². The Morgan fingerprint density at radius 3 is 2.65 bits per heavy atom. The molecule has 0 heterocycles. The van der Waals surface area contributed by atoms with Gasteiger partial charge in [0, 0.05) is 25.4 Å². The van der Waals surface area contributed by atoms with E-state index in [0.717, 1.165) is 32.4 Å². The van der Waals surface area contributed by atoms with Crippen LogP contribution in [0.5, 0.6) is 0 Å². The van der Waals surface area contributed by atoms with E-state index in [2.05, 4.69) is 11.8 Å². The lowest BCUT2D eigenvalue weighted by molar-refractivity contribution is -0.123. The summed E-state index contributed by atoms with van der Waals surface area (Å²) in [7, 11) is 0. The molecule has 3 nitrogen and oxygen atoms in total. The molecule has 0 aromatic heterocycles. The molecule has 0 bridgehead atoms. The van der Waals surface area contributed by atoms with Crippen molar-refractivity contribution in [2.24, 2.45) is 5.92 Å². The smallest absolute Gasteiger partial charge is 0.137 e. The van der Waals surface area contributed by atoms with Crippen molar-refractivity contribution in [1.29, 1.82) is 0 Å². The number of Topliss-reactive ketones (excluding diaryl/α,β-unsaturated/α-hetero) is 1. The molecule has 3 heteroatoms. The minimum absolute atomic E-state index is 0.194. The summed E-state index contributed by atoms with van der Waals surface area (Å²) in [5, 5.41) is 9.84. The SMILES string of the molecule is CCN(CC1CCCCCC1=O)CC(C)(C)O. The number of hydrogen-bond donors (Lipinski definition) is 1. The Morgan fingerprint density at radius 1 is 1.35 bits per heavy atom. The van der Waals surface area contributed by atoms with Crippen LogP contribution in [0, 0.1) is 5.92 Å². The summed E-state index contributed by atoms with van der Waals surface area (Å²) in [6, 6.07) is 0. The van der Waals surface area contributed by atoms with Crippen molar-refractivity contribution in [3.05, 3.63) is 0 Å². The minimum Gasteiger partial charge on any atom is -0.389 e. The molecular weight excluding hydrogens is 214 g/mol. The summed E-state index contributed by atoms with van der Waals surface area (Å²) >= 11 is 0. The van der Waals surface area contributed by atoms with Gasteiger partial charge in [0.1, 0.15) is 5.78 Å². The number of hydrogen-bond acceptors (Lipinski definition) is 3. The average Bonchev–Trinajstić information content (AvgIpc) is 2.41. The molecule has 0 aromatic rings. The number of ketones is 1. The molecule has 1 atom stereocenters. The van der Waals surface area contributed by atoms with Gasteiger partial charge in [-0.3, -0.25) is 4.79 Å². The maximum absolute atomic E-state index is 11.9. The molecule has 1 N–H and O–H groups in total. The third-order valence-corrected chi connectivity index (χ3v) is 3.47. The fourth-order valence-electron chi connectivity index (χ4n) is 2.59. The number of rotatable bonds is 5. The number of likely N-dealkylation sites (N-methyl/N-ethyl adjacent to an activating group) is 1. The summed E-state index contributed by atoms with van der Waals surface area (Å²) in [5.74, 6) is 0.622. The topological polar surface area (TPSA) is 40.5 Å². The predicted molar refractivity (Wildman–Crippen MR) is 70.0 cm³/mol. The van der Waals surface area contributed by atoms with Gasteiger partial charge in [0.25, 0.3) is 0 Å². The molecule has 1 aliphatic rings. The van der Waals surface area contributed by atoms with E-state index in [1.807, 2.05) is 13.8 Å². The minimum atomic E-state index is -0.677. The quantitative estimate of drug-likeness (QED) is 0.750. The standard InChI is InChI=1S/C14H27NO2/c1-4-15(11-14(2,3)17)10-12-8-6-5-7-9-13(12)16/h12,17H,4-11H2,1-3H3. The Hall–Kier alpha value is -0.410. The van der Waals surface area contributed by atoms with Crippen molar-refractivity contribution < 1.29 is 9.90 Å². The molecule has 0 saturated heterocycles. The Kier molecular flexibility index (Phi) is 5.60. The van der Waals surface area contributed by atoms with Gasteiger partial charge in [0.15, 0.2) is 0 Å². The van der Waals surface area contributed by atoms with Crippen molar-refractivity contribution in [1.82, 2.24) is 4.90 Å². The zero-order valence-electron chi connectivity index (χ0n) is 11.5. The maximum Gasteiger partial charge on any atom is 0.137 e. The largest absolute Gasteiger partial charge is 0.389 e. The summed E-state index contributed by atoms with van der Waals surface area (Å²) in [6.07, 6.45) is 5.22. The molecule has 1 unspecified atom stereocenters. The summed E-state index contributed by atoms with van der Waals surface area (Å²) < 4.78 is 0. The van der Waals surface area contributed by atoms with Crippen LogP contribution in [-0.4, -0.2) is 41.0 Å². The van der Waals surface area contributed by atoms with Gasteiger partial charge < -0.3 is 10.0 Å². The van der Waals surface area contributed by atoms with Crippen LogP contribution in [0.1, 0.15) is 52.9 Å². The molecule has 1 saturated carbocycles. The van der Waals surface area contributed by atoms with Crippen LogP contribution >= 0.6 is 0 Å².